The van der Waals surface area contributed by atoms with Crippen molar-refractivity contribution in [3.8, 4) is 0 Å². The van der Waals surface area contributed by atoms with Gasteiger partial charge in [-0.2, -0.15) is 0 Å². The van der Waals surface area contributed by atoms with Gasteiger partial charge in [0.25, 0.3) is 0 Å². The lowest BCUT2D eigenvalue weighted by atomic mass is 9.94. The molecule has 5 aliphatic rings. The molecule has 0 saturated carbocycles. The number of hydrogen-bond acceptors (Lipinski definition) is 29. The van der Waals surface area contributed by atoms with Crippen molar-refractivity contribution in [2.75, 3.05) is 33.0 Å². The van der Waals surface area contributed by atoms with Crippen molar-refractivity contribution in [2.45, 2.75) is 206 Å². The van der Waals surface area contributed by atoms with E-state index in [1.165, 1.54) is 13.8 Å². The fourth-order valence-electron chi connectivity index (χ4n) is 8.69. The molecule has 31 nitrogen and oxygen atoms in total. The largest absolute Gasteiger partial charge is 0.394 e. The zero-order valence-corrected chi connectivity index (χ0v) is 38.8. The first-order chi connectivity index (χ1) is 33.4. The van der Waals surface area contributed by atoms with E-state index >= 15 is 0 Å². The molecule has 0 aromatic rings. The average Bonchev–Trinajstić information content (AvgIpc) is 3.33. The van der Waals surface area contributed by atoms with E-state index in [0.717, 1.165) is 13.8 Å². The molecule has 0 aromatic heterocycles. The summed E-state index contributed by atoms with van der Waals surface area (Å²) in [7, 11) is 0. The summed E-state index contributed by atoms with van der Waals surface area (Å²) in [6, 6.07) is -3.41. The first kappa shape index (κ1) is 59.7. The molecule has 5 aliphatic heterocycles. The first-order valence-electron chi connectivity index (χ1n) is 22.7. The second-order valence-corrected chi connectivity index (χ2v) is 18.0. The van der Waals surface area contributed by atoms with Gasteiger partial charge >= 0.3 is 0 Å². The number of rotatable bonds is 20. The third-order valence-corrected chi connectivity index (χ3v) is 12.8. The molecule has 0 radical (unpaired) electrons. The van der Waals surface area contributed by atoms with Gasteiger partial charge in [-0.05, 0) is 13.8 Å². The standard InChI is InChI=1S/C40H70N2O29/c1-10-20(50)25(55)29(59)37(63-10)70-34-19(42-13(4)48)36(67-18(8-46)33(34)69-39-31(61)27(57)23(53)16(6-44)65-39)62-9-15(49)22(52)32(14(5-43)41-12(3)47)68-40-35(28(58)24(54)17(7-45)66-40)71-38-30(60)26(56)21(51)11(2)64-38/h10-11,14-40,43-46,49-61H,5-9H2,1-4H3,(H,41,47)(H,42,48)/t10-,11-,14-,15+,16+,17+,18+,19+,20+,21+,22-,23-,24-,25+,26+,27-,28-,29-,30-,31+,32+,33+,34+,35+,36+,37-,38-,39-,40-/m0/s1. The third kappa shape index (κ3) is 13.6. The molecule has 5 fully saturated rings. The number of aliphatic hydroxyl groups is 17. The van der Waals surface area contributed by atoms with Crippen molar-refractivity contribution in [1.82, 2.24) is 10.6 Å². The maximum absolute atomic E-state index is 12.8. The number of amides is 2. The molecule has 19 N–H and O–H groups in total. The Hall–Kier alpha value is -2.14. The second-order valence-electron chi connectivity index (χ2n) is 18.0. The molecule has 2 amide bonds. The minimum atomic E-state index is -2.32. The van der Waals surface area contributed by atoms with Crippen LogP contribution in [0.4, 0.5) is 0 Å². The summed E-state index contributed by atoms with van der Waals surface area (Å²) in [6.45, 7) is -0.366. The molecule has 5 heterocycles. The van der Waals surface area contributed by atoms with Crippen molar-refractivity contribution in [1.29, 1.82) is 0 Å². The quantitative estimate of drug-likeness (QED) is 0.0538. The van der Waals surface area contributed by atoms with Gasteiger partial charge in [0.2, 0.25) is 11.8 Å². The predicted molar refractivity (Wildman–Crippen MR) is 222 cm³/mol. The minimum absolute atomic E-state index is 0.823. The van der Waals surface area contributed by atoms with Gasteiger partial charge in [0, 0.05) is 13.8 Å². The van der Waals surface area contributed by atoms with Crippen LogP contribution in [0, 0.1) is 0 Å². The van der Waals surface area contributed by atoms with Crippen LogP contribution < -0.4 is 10.6 Å². The van der Waals surface area contributed by atoms with E-state index in [9.17, 15) is 96.4 Å². The van der Waals surface area contributed by atoms with Crippen molar-refractivity contribution in [2.24, 2.45) is 0 Å². The number of nitrogens with one attached hydrogen (secondary N) is 2. The molecule has 5 rings (SSSR count). The maximum Gasteiger partial charge on any atom is 0.217 e. The highest BCUT2D eigenvalue weighted by molar-refractivity contribution is 5.73. The van der Waals surface area contributed by atoms with E-state index in [4.69, 9.17) is 47.4 Å². The Bertz CT molecular complexity index is 1660. The van der Waals surface area contributed by atoms with Gasteiger partial charge in [0.1, 0.15) is 128 Å². The fourth-order valence-corrected chi connectivity index (χ4v) is 8.69. The van der Waals surface area contributed by atoms with Crippen LogP contribution in [0.25, 0.3) is 0 Å². The Labute approximate surface area is 404 Å². The fraction of sp³-hybridized carbons (Fsp3) is 0.950. The van der Waals surface area contributed by atoms with E-state index in [-0.39, 0.29) is 0 Å². The monoisotopic (exact) mass is 1040 g/mol. The summed E-state index contributed by atoms with van der Waals surface area (Å²) in [6.07, 6.45) is -49.9. The molecule has 414 valence electrons. The van der Waals surface area contributed by atoms with Crippen LogP contribution in [0.15, 0.2) is 0 Å². The number of carbonyl (C=O) groups is 2. The lowest BCUT2D eigenvalue weighted by Gasteiger charge is -2.50. The minimum Gasteiger partial charge on any atom is -0.394 e. The van der Waals surface area contributed by atoms with E-state index in [1.807, 2.05) is 0 Å². The van der Waals surface area contributed by atoms with E-state index < -0.39 is 223 Å². The van der Waals surface area contributed by atoms with Crippen LogP contribution in [0.3, 0.4) is 0 Å². The van der Waals surface area contributed by atoms with Gasteiger partial charge in [0.05, 0.1) is 51.3 Å². The van der Waals surface area contributed by atoms with Gasteiger partial charge in [-0.25, -0.2) is 0 Å². The van der Waals surface area contributed by atoms with Crippen LogP contribution >= 0.6 is 0 Å². The van der Waals surface area contributed by atoms with Crippen LogP contribution in [0.5, 0.6) is 0 Å². The van der Waals surface area contributed by atoms with E-state index in [2.05, 4.69) is 10.6 Å². The lowest BCUT2D eigenvalue weighted by Crippen LogP contribution is -2.70. The van der Waals surface area contributed by atoms with Gasteiger partial charge in [-0.3, -0.25) is 9.59 Å². The number of aliphatic hydroxyl groups excluding tert-OH is 17. The SMILES string of the molecule is CC(=O)N[C@H]1[C@H](OC[C@@H](O)[C@H](O)[C@H](O[C@@H]2O[C@H](CO)[C@H](O)[C@H](O)[C@H]2O[C@@H]2O[C@@H](C)[C@@H](O)[C@@H](O)[C@@H]2O)[C@H](CO)NC(C)=O)O[C@H](CO)[C@@H](O[C@@H]2O[C@H](CO)[C@H](O)[C@H](O)[C@H]2O)[C@@H]1O[C@@H]1O[C@@H](C)[C@@H](O)[C@@H](O)[C@@H]1O. The predicted octanol–water partition coefficient (Wildman–Crippen LogP) is -12.1. The number of hydrogen-bond donors (Lipinski definition) is 19. The Balaban J connectivity index is 1.46. The normalized spacial score (nSPS) is 46.1. The molecular weight excluding hydrogens is 972 g/mol. The maximum atomic E-state index is 12.8. The second kappa shape index (κ2) is 26.1. The summed E-state index contributed by atoms with van der Waals surface area (Å²) in [5.41, 5.74) is 0. The molecule has 0 aliphatic carbocycles. The van der Waals surface area contributed by atoms with Crippen molar-refractivity contribution < 1.29 is 144 Å². The topological polar surface area (TPSA) is 494 Å². The van der Waals surface area contributed by atoms with Gasteiger partial charge < -0.3 is 145 Å². The molecule has 0 aromatic carbocycles. The summed E-state index contributed by atoms with van der Waals surface area (Å²) >= 11 is 0. The Morgan fingerprint density at radius 2 is 0.944 bits per heavy atom. The van der Waals surface area contributed by atoms with Crippen molar-refractivity contribution in [3.63, 3.8) is 0 Å². The molecule has 0 unspecified atom stereocenters. The van der Waals surface area contributed by atoms with E-state index in [1.54, 1.807) is 0 Å². The van der Waals surface area contributed by atoms with Gasteiger partial charge in [-0.1, -0.05) is 0 Å². The molecule has 0 spiro atoms. The summed E-state index contributed by atoms with van der Waals surface area (Å²) in [5, 5.41) is 186. The molecule has 5 saturated heterocycles. The zero-order chi connectivity index (χ0) is 52.9. The van der Waals surface area contributed by atoms with E-state index in [0.29, 0.717) is 0 Å². The van der Waals surface area contributed by atoms with Crippen LogP contribution in [0.1, 0.15) is 27.7 Å². The Morgan fingerprint density at radius 1 is 0.507 bits per heavy atom. The summed E-state index contributed by atoms with van der Waals surface area (Å²) in [5.74, 6) is -1.67. The van der Waals surface area contributed by atoms with Crippen LogP contribution in [0.2, 0.25) is 0 Å². The molecule has 71 heavy (non-hydrogen) atoms. The summed E-state index contributed by atoms with van der Waals surface area (Å²) < 4.78 is 57.8. The van der Waals surface area contributed by atoms with Crippen LogP contribution in [-0.2, 0) is 57.0 Å². The van der Waals surface area contributed by atoms with Crippen molar-refractivity contribution >= 4 is 11.8 Å². The molecule has 0 bridgehead atoms. The lowest BCUT2D eigenvalue weighted by molar-refractivity contribution is -0.376. The smallest absolute Gasteiger partial charge is 0.217 e. The molecule has 31 heteroatoms. The average molecular weight is 1040 g/mol. The summed E-state index contributed by atoms with van der Waals surface area (Å²) in [4.78, 5) is 25.2. The first-order valence-corrected chi connectivity index (χ1v) is 22.7. The molecular formula is C40H70N2O29. The Morgan fingerprint density at radius 3 is 1.42 bits per heavy atom. The highest BCUT2D eigenvalue weighted by atomic mass is 16.8. The zero-order valence-electron chi connectivity index (χ0n) is 38.8. The van der Waals surface area contributed by atoms with Gasteiger partial charge in [-0.15, -0.1) is 0 Å². The highest BCUT2D eigenvalue weighted by Gasteiger charge is 2.56. The third-order valence-electron chi connectivity index (χ3n) is 12.8. The molecule has 29 atom stereocenters. The van der Waals surface area contributed by atoms with Gasteiger partial charge in [0.15, 0.2) is 31.5 Å². The number of carbonyl (C=O) groups excluding carboxylic acids is 2. The Kier molecular flexibility index (Phi) is 21.9. The highest BCUT2D eigenvalue weighted by Crippen LogP contribution is 2.35. The van der Waals surface area contributed by atoms with Crippen LogP contribution in [-0.4, -0.2) is 309 Å². The van der Waals surface area contributed by atoms with Crippen molar-refractivity contribution in [3.05, 3.63) is 0 Å². The number of ether oxygens (including phenoxy) is 10.